The molecular weight excluding hydrogens is 224 g/mol. The summed E-state index contributed by atoms with van der Waals surface area (Å²) >= 11 is 1.69. The lowest BCUT2D eigenvalue weighted by Crippen LogP contribution is -2.30. The number of nitrogens with one attached hydrogen (secondary N) is 1. The highest BCUT2D eigenvalue weighted by atomic mass is 32.1. The zero-order valence-corrected chi connectivity index (χ0v) is 10.8. The van der Waals surface area contributed by atoms with Gasteiger partial charge in [-0.25, -0.2) is 4.98 Å². The molecule has 0 saturated carbocycles. The van der Waals surface area contributed by atoms with Crippen LogP contribution in [-0.4, -0.2) is 30.0 Å². The summed E-state index contributed by atoms with van der Waals surface area (Å²) in [5.74, 6) is -0.424. The molecule has 5 heteroatoms. The summed E-state index contributed by atoms with van der Waals surface area (Å²) in [6.45, 7) is 8.27. The number of nitrogens with zero attached hydrogens (tertiary/aromatic N) is 1. The molecule has 0 spiro atoms. The summed E-state index contributed by atoms with van der Waals surface area (Å²) in [6.07, 6.45) is 0.156. The van der Waals surface area contributed by atoms with E-state index in [0.717, 1.165) is 18.8 Å². The number of thiazole rings is 1. The quantitative estimate of drug-likeness (QED) is 0.872. The summed E-state index contributed by atoms with van der Waals surface area (Å²) in [4.78, 5) is 5.50. The molecular formula is C11H18N2O2S. The number of hydrogen-bond donors (Lipinski definition) is 1. The average molecular weight is 242 g/mol. The second kappa shape index (κ2) is 4.79. The highest BCUT2D eigenvalue weighted by Crippen LogP contribution is 2.21. The Morgan fingerprint density at radius 1 is 1.62 bits per heavy atom. The van der Waals surface area contributed by atoms with Crippen molar-refractivity contribution in [2.24, 2.45) is 0 Å². The number of aromatic nitrogens is 1. The molecule has 16 heavy (non-hydrogen) atoms. The maximum atomic E-state index is 5.70. The Balaban J connectivity index is 1.71. The Morgan fingerprint density at radius 2 is 2.44 bits per heavy atom. The molecule has 1 unspecified atom stereocenters. The molecule has 0 bridgehead atoms. The summed E-state index contributed by atoms with van der Waals surface area (Å²) in [6, 6.07) is 0. The van der Waals surface area contributed by atoms with Gasteiger partial charge in [-0.2, -0.15) is 0 Å². The van der Waals surface area contributed by atoms with Crippen LogP contribution in [0.4, 0.5) is 0 Å². The van der Waals surface area contributed by atoms with Crippen LogP contribution in [0.1, 0.15) is 24.4 Å². The van der Waals surface area contributed by atoms with Crippen LogP contribution < -0.4 is 5.32 Å². The van der Waals surface area contributed by atoms with Gasteiger partial charge >= 0.3 is 0 Å². The van der Waals surface area contributed by atoms with Crippen LogP contribution in [0.15, 0.2) is 5.51 Å². The molecule has 0 amide bonds. The van der Waals surface area contributed by atoms with E-state index in [9.17, 15) is 0 Å². The second-order valence-corrected chi connectivity index (χ2v) is 5.38. The Hall–Kier alpha value is -0.490. The molecule has 1 atom stereocenters. The fourth-order valence-electron chi connectivity index (χ4n) is 1.71. The molecule has 1 N–H and O–H groups in total. The lowest BCUT2D eigenvalue weighted by Gasteiger charge is -2.17. The fourth-order valence-corrected chi connectivity index (χ4v) is 2.45. The van der Waals surface area contributed by atoms with E-state index >= 15 is 0 Å². The third kappa shape index (κ3) is 3.01. The van der Waals surface area contributed by atoms with Crippen molar-refractivity contribution in [3.05, 3.63) is 16.1 Å². The van der Waals surface area contributed by atoms with Crippen molar-refractivity contribution in [3.63, 3.8) is 0 Å². The standard InChI is InChI=1S/C11H18N2O2S/c1-8-10(16-7-13-8)5-12-4-9-6-14-11(2,3)15-9/h7,9,12H,4-6H2,1-3H3. The van der Waals surface area contributed by atoms with Gasteiger partial charge in [-0.05, 0) is 20.8 Å². The maximum Gasteiger partial charge on any atom is 0.163 e. The molecule has 1 fully saturated rings. The van der Waals surface area contributed by atoms with Gasteiger partial charge in [0.05, 0.1) is 23.9 Å². The molecule has 1 saturated heterocycles. The SMILES string of the molecule is Cc1ncsc1CNCC1COC(C)(C)O1. The molecule has 1 aliphatic heterocycles. The third-order valence-corrected chi connectivity index (χ3v) is 3.50. The van der Waals surface area contributed by atoms with E-state index in [2.05, 4.69) is 10.3 Å². The Labute approximate surface area is 100.0 Å². The molecule has 1 aromatic heterocycles. The van der Waals surface area contributed by atoms with Crippen molar-refractivity contribution < 1.29 is 9.47 Å². The molecule has 0 aliphatic carbocycles. The van der Waals surface area contributed by atoms with Gasteiger partial charge in [0, 0.05) is 18.0 Å². The number of ether oxygens (including phenoxy) is 2. The minimum absolute atomic E-state index is 0.156. The van der Waals surface area contributed by atoms with E-state index in [0.29, 0.717) is 6.61 Å². The predicted molar refractivity (Wildman–Crippen MR) is 63.5 cm³/mol. The van der Waals surface area contributed by atoms with Crippen molar-refractivity contribution in [3.8, 4) is 0 Å². The predicted octanol–water partition coefficient (Wildman–Crippen LogP) is 1.69. The first-order chi connectivity index (χ1) is 7.57. The summed E-state index contributed by atoms with van der Waals surface area (Å²) in [5.41, 5.74) is 2.99. The van der Waals surface area contributed by atoms with Gasteiger partial charge < -0.3 is 14.8 Å². The Morgan fingerprint density at radius 3 is 3.00 bits per heavy atom. The molecule has 2 rings (SSSR count). The van der Waals surface area contributed by atoms with Crippen LogP contribution in [0, 0.1) is 6.92 Å². The van der Waals surface area contributed by atoms with E-state index < -0.39 is 5.79 Å². The molecule has 0 aromatic carbocycles. The zero-order chi connectivity index (χ0) is 11.6. The van der Waals surface area contributed by atoms with Crippen molar-refractivity contribution in [1.82, 2.24) is 10.3 Å². The minimum Gasteiger partial charge on any atom is -0.348 e. The first-order valence-corrected chi connectivity index (χ1v) is 6.36. The first kappa shape index (κ1) is 12.0. The van der Waals surface area contributed by atoms with Gasteiger partial charge in [0.1, 0.15) is 0 Å². The molecule has 1 aromatic rings. The van der Waals surface area contributed by atoms with E-state index in [1.54, 1.807) is 11.3 Å². The largest absolute Gasteiger partial charge is 0.348 e. The minimum atomic E-state index is -0.424. The monoisotopic (exact) mass is 242 g/mol. The van der Waals surface area contributed by atoms with Gasteiger partial charge in [0.2, 0.25) is 0 Å². The van der Waals surface area contributed by atoms with Crippen LogP contribution in [0.2, 0.25) is 0 Å². The molecule has 4 nitrogen and oxygen atoms in total. The third-order valence-electron chi connectivity index (χ3n) is 2.57. The van der Waals surface area contributed by atoms with Gasteiger partial charge in [-0.1, -0.05) is 0 Å². The number of aryl methyl sites for hydroxylation is 1. The molecule has 90 valence electrons. The lowest BCUT2D eigenvalue weighted by molar-refractivity contribution is -0.137. The first-order valence-electron chi connectivity index (χ1n) is 5.48. The van der Waals surface area contributed by atoms with Crippen molar-refractivity contribution >= 4 is 11.3 Å². The van der Waals surface area contributed by atoms with E-state index in [-0.39, 0.29) is 6.10 Å². The molecule has 0 radical (unpaired) electrons. The van der Waals surface area contributed by atoms with Crippen LogP contribution in [0.25, 0.3) is 0 Å². The number of hydrogen-bond acceptors (Lipinski definition) is 5. The topological polar surface area (TPSA) is 43.4 Å². The van der Waals surface area contributed by atoms with Crippen LogP contribution in [0.3, 0.4) is 0 Å². The van der Waals surface area contributed by atoms with Crippen LogP contribution >= 0.6 is 11.3 Å². The van der Waals surface area contributed by atoms with Crippen molar-refractivity contribution in [2.75, 3.05) is 13.2 Å². The van der Waals surface area contributed by atoms with Gasteiger partial charge in [0.25, 0.3) is 0 Å². The lowest BCUT2D eigenvalue weighted by atomic mass is 10.3. The van der Waals surface area contributed by atoms with Crippen LogP contribution in [-0.2, 0) is 16.0 Å². The number of rotatable bonds is 4. The highest BCUT2D eigenvalue weighted by Gasteiger charge is 2.32. The van der Waals surface area contributed by atoms with Gasteiger partial charge in [-0.3, -0.25) is 0 Å². The van der Waals surface area contributed by atoms with Crippen LogP contribution in [0.5, 0.6) is 0 Å². The normalized spacial score (nSPS) is 23.8. The van der Waals surface area contributed by atoms with Gasteiger partial charge in [-0.15, -0.1) is 11.3 Å². The van der Waals surface area contributed by atoms with Crippen molar-refractivity contribution in [1.29, 1.82) is 0 Å². The van der Waals surface area contributed by atoms with E-state index in [1.807, 2.05) is 26.3 Å². The summed E-state index contributed by atoms with van der Waals surface area (Å²) < 4.78 is 11.2. The zero-order valence-electron chi connectivity index (χ0n) is 9.95. The van der Waals surface area contributed by atoms with Crippen molar-refractivity contribution in [2.45, 2.75) is 39.2 Å². The Bertz CT molecular complexity index is 352. The highest BCUT2D eigenvalue weighted by molar-refractivity contribution is 7.09. The average Bonchev–Trinajstić information content (AvgIpc) is 2.74. The van der Waals surface area contributed by atoms with Gasteiger partial charge in [0.15, 0.2) is 5.79 Å². The van der Waals surface area contributed by atoms with E-state index in [1.165, 1.54) is 4.88 Å². The maximum absolute atomic E-state index is 5.70. The smallest absolute Gasteiger partial charge is 0.163 e. The van der Waals surface area contributed by atoms with E-state index in [4.69, 9.17) is 9.47 Å². The molecule has 2 heterocycles. The summed E-state index contributed by atoms with van der Waals surface area (Å²) in [7, 11) is 0. The second-order valence-electron chi connectivity index (χ2n) is 4.44. The summed E-state index contributed by atoms with van der Waals surface area (Å²) in [5, 5.41) is 3.37. The Kier molecular flexibility index (Phi) is 3.59. The molecule has 1 aliphatic rings. The fraction of sp³-hybridized carbons (Fsp3) is 0.727.